The molecule has 1 aliphatic heterocycles. The number of hydrogen-bond donors (Lipinski definition) is 1. The number of thiazole rings is 1. The van der Waals surface area contributed by atoms with E-state index in [2.05, 4.69) is 11.6 Å². The average Bonchev–Trinajstić information content (AvgIpc) is 3.14. The molecular weight excluding hydrogens is 476 g/mol. The zero-order valence-electron chi connectivity index (χ0n) is 20.6. The summed E-state index contributed by atoms with van der Waals surface area (Å²) in [4.78, 5) is 32.0. The van der Waals surface area contributed by atoms with Gasteiger partial charge in [0.2, 0.25) is 0 Å². The molecule has 0 spiro atoms. The number of aromatic nitrogens is 1. The number of allylic oxidation sites excluding steroid dienone is 2. The van der Waals surface area contributed by atoms with Gasteiger partial charge in [-0.25, -0.2) is 9.79 Å². The van der Waals surface area contributed by atoms with Gasteiger partial charge in [-0.1, -0.05) is 35.6 Å². The summed E-state index contributed by atoms with van der Waals surface area (Å²) in [6, 6.07) is 11.7. The van der Waals surface area contributed by atoms with Gasteiger partial charge in [0.15, 0.2) is 4.80 Å². The first-order valence-electron chi connectivity index (χ1n) is 11.5. The maximum atomic E-state index is 13.7. The second-order valence-corrected chi connectivity index (χ2v) is 9.70. The summed E-state index contributed by atoms with van der Waals surface area (Å²) >= 11 is 1.25. The van der Waals surface area contributed by atoms with Crippen molar-refractivity contribution in [1.29, 1.82) is 0 Å². The van der Waals surface area contributed by atoms with E-state index in [9.17, 15) is 14.7 Å². The Labute approximate surface area is 213 Å². The molecule has 186 valence electrons. The highest BCUT2D eigenvalue weighted by Gasteiger charge is 2.33. The van der Waals surface area contributed by atoms with Gasteiger partial charge in [0.1, 0.15) is 11.5 Å². The molecule has 1 aromatic heterocycles. The molecule has 1 N–H and O–H groups in total. The van der Waals surface area contributed by atoms with E-state index in [1.54, 1.807) is 68.9 Å². The molecule has 0 fully saturated rings. The lowest BCUT2D eigenvalue weighted by Gasteiger charge is -2.25. The Morgan fingerprint density at radius 1 is 1.25 bits per heavy atom. The Morgan fingerprint density at radius 2 is 1.97 bits per heavy atom. The largest absolute Gasteiger partial charge is 0.508 e. The van der Waals surface area contributed by atoms with Crippen molar-refractivity contribution in [3.8, 4) is 11.5 Å². The van der Waals surface area contributed by atoms with Gasteiger partial charge in [0.05, 0.1) is 35.1 Å². The highest BCUT2D eigenvalue weighted by molar-refractivity contribution is 7.07. The third-order valence-corrected chi connectivity index (χ3v) is 6.76. The summed E-state index contributed by atoms with van der Waals surface area (Å²) in [5.41, 5.74) is 2.80. The van der Waals surface area contributed by atoms with Crippen LogP contribution in [-0.4, -0.2) is 28.9 Å². The fourth-order valence-corrected chi connectivity index (χ4v) is 5.17. The van der Waals surface area contributed by atoms with E-state index in [1.807, 2.05) is 18.2 Å². The Bertz CT molecular complexity index is 1530. The highest BCUT2D eigenvalue weighted by Crippen LogP contribution is 2.32. The molecule has 2 aromatic carbocycles. The second-order valence-electron chi connectivity index (χ2n) is 8.69. The van der Waals surface area contributed by atoms with Crippen LogP contribution in [0, 0.1) is 0 Å². The molecule has 0 bridgehead atoms. The number of fused-ring (bicyclic) bond motifs is 1. The van der Waals surface area contributed by atoms with Crippen LogP contribution in [0.5, 0.6) is 11.5 Å². The van der Waals surface area contributed by atoms with Gasteiger partial charge in [-0.3, -0.25) is 9.36 Å². The predicted octanol–water partition coefficient (Wildman–Crippen LogP) is 3.63. The first-order valence-corrected chi connectivity index (χ1v) is 12.4. The molecule has 1 aliphatic rings. The van der Waals surface area contributed by atoms with Crippen LogP contribution in [-0.2, 0) is 16.0 Å². The highest BCUT2D eigenvalue weighted by atomic mass is 32.1. The molecule has 2 heterocycles. The Balaban J connectivity index is 1.91. The Hall–Kier alpha value is -3.91. The molecule has 0 unspecified atom stereocenters. The number of nitrogens with zero attached hydrogens (tertiary/aromatic N) is 2. The van der Waals surface area contributed by atoms with E-state index >= 15 is 0 Å². The van der Waals surface area contributed by atoms with Crippen LogP contribution in [0.1, 0.15) is 43.5 Å². The summed E-state index contributed by atoms with van der Waals surface area (Å²) in [5.74, 6) is 0.340. The van der Waals surface area contributed by atoms with Crippen LogP contribution < -0.4 is 19.6 Å². The van der Waals surface area contributed by atoms with Gasteiger partial charge < -0.3 is 14.6 Å². The van der Waals surface area contributed by atoms with Crippen molar-refractivity contribution >= 4 is 23.4 Å². The molecule has 36 heavy (non-hydrogen) atoms. The Morgan fingerprint density at radius 3 is 2.61 bits per heavy atom. The maximum absolute atomic E-state index is 13.7. The topological polar surface area (TPSA) is 90.1 Å². The van der Waals surface area contributed by atoms with E-state index in [0.29, 0.717) is 32.8 Å². The number of benzene rings is 2. The zero-order chi connectivity index (χ0) is 26.0. The second kappa shape index (κ2) is 10.4. The summed E-state index contributed by atoms with van der Waals surface area (Å²) in [5, 5.41) is 10.1. The van der Waals surface area contributed by atoms with Crippen molar-refractivity contribution in [2.24, 2.45) is 4.99 Å². The van der Waals surface area contributed by atoms with E-state index in [4.69, 9.17) is 9.47 Å². The van der Waals surface area contributed by atoms with Gasteiger partial charge in [0, 0.05) is 0 Å². The molecule has 0 radical (unpaired) electrons. The van der Waals surface area contributed by atoms with E-state index in [-0.39, 0.29) is 17.4 Å². The number of phenolic OH excluding ortho intramolecular Hbond substituents is 1. The molecule has 7 nitrogen and oxygen atoms in total. The molecule has 8 heteroatoms. The van der Waals surface area contributed by atoms with E-state index in [0.717, 1.165) is 16.7 Å². The third kappa shape index (κ3) is 4.90. The normalized spacial score (nSPS) is 15.5. The maximum Gasteiger partial charge on any atom is 0.338 e. The van der Waals surface area contributed by atoms with Gasteiger partial charge in [-0.05, 0) is 74.2 Å². The van der Waals surface area contributed by atoms with Crippen LogP contribution in [0.2, 0.25) is 0 Å². The third-order valence-electron chi connectivity index (χ3n) is 5.78. The van der Waals surface area contributed by atoms with Crippen LogP contribution in [0.15, 0.2) is 76.2 Å². The van der Waals surface area contributed by atoms with Gasteiger partial charge >= 0.3 is 5.97 Å². The van der Waals surface area contributed by atoms with Crippen molar-refractivity contribution in [3.05, 3.63) is 103 Å². The molecule has 0 aliphatic carbocycles. The number of carbonyl (C=O) groups is 1. The minimum absolute atomic E-state index is 0.178. The molecule has 0 saturated carbocycles. The van der Waals surface area contributed by atoms with Gasteiger partial charge in [0.25, 0.3) is 5.56 Å². The first-order chi connectivity index (χ1) is 17.2. The number of carbonyl (C=O) groups excluding carboxylic acids is 1. The molecule has 3 aromatic rings. The lowest BCUT2D eigenvalue weighted by atomic mass is 9.96. The molecule has 0 saturated heterocycles. The standard InChI is InChI=1S/C28H28N2O5S/c1-6-7-20-14-18(8-13-22(20)31)15-23-26(32)30-25(19-9-11-21(34-5)12-10-19)24(27(33)35-16(2)3)17(4)29-28(30)36-23/h6,8-16,25,31H,1,7H2,2-5H3/b23-15+/t25-/m0/s1. The fraction of sp³-hybridized carbons (Fsp3) is 0.250. The molecule has 1 atom stereocenters. The van der Waals surface area contributed by atoms with Crippen LogP contribution in [0.25, 0.3) is 6.08 Å². The predicted molar refractivity (Wildman–Crippen MR) is 140 cm³/mol. The summed E-state index contributed by atoms with van der Waals surface area (Å²) in [7, 11) is 1.58. The van der Waals surface area contributed by atoms with Crippen LogP contribution >= 0.6 is 11.3 Å². The number of esters is 1. The minimum atomic E-state index is -0.697. The van der Waals surface area contributed by atoms with E-state index < -0.39 is 12.0 Å². The zero-order valence-corrected chi connectivity index (χ0v) is 21.5. The molecule has 0 amide bonds. The number of methoxy groups -OCH3 is 1. The lowest BCUT2D eigenvalue weighted by Crippen LogP contribution is -2.40. The number of hydrogen-bond acceptors (Lipinski definition) is 7. The van der Waals surface area contributed by atoms with Crippen molar-refractivity contribution in [2.75, 3.05) is 7.11 Å². The number of phenols is 1. The first kappa shape index (κ1) is 25.2. The SMILES string of the molecule is C=CCc1cc(/C=c2/sc3n(c2=O)[C@@H](c2ccc(OC)cc2)C(C(=O)OC(C)C)=C(C)N=3)ccc1O. The molecular formula is C28H28N2O5S. The van der Waals surface area contributed by atoms with Crippen molar-refractivity contribution < 1.29 is 19.4 Å². The Kier molecular flexibility index (Phi) is 7.26. The smallest absolute Gasteiger partial charge is 0.338 e. The summed E-state index contributed by atoms with van der Waals surface area (Å²) in [6.07, 6.45) is 3.67. The lowest BCUT2D eigenvalue weighted by molar-refractivity contribution is -0.143. The van der Waals surface area contributed by atoms with Crippen molar-refractivity contribution in [3.63, 3.8) is 0 Å². The van der Waals surface area contributed by atoms with E-state index in [1.165, 1.54) is 11.3 Å². The quantitative estimate of drug-likeness (QED) is 0.392. The monoisotopic (exact) mass is 504 g/mol. The number of ether oxygens (including phenoxy) is 2. The van der Waals surface area contributed by atoms with Gasteiger partial charge in [-0.15, -0.1) is 6.58 Å². The number of rotatable bonds is 7. The van der Waals surface area contributed by atoms with Crippen molar-refractivity contribution in [1.82, 2.24) is 4.57 Å². The van der Waals surface area contributed by atoms with Crippen LogP contribution in [0.4, 0.5) is 0 Å². The summed E-state index contributed by atoms with van der Waals surface area (Å²) < 4.78 is 12.8. The van der Waals surface area contributed by atoms with Gasteiger partial charge in [-0.2, -0.15) is 0 Å². The van der Waals surface area contributed by atoms with Crippen LogP contribution in [0.3, 0.4) is 0 Å². The summed E-state index contributed by atoms with van der Waals surface area (Å²) in [6.45, 7) is 9.05. The van der Waals surface area contributed by atoms with Crippen molar-refractivity contribution in [2.45, 2.75) is 39.3 Å². The minimum Gasteiger partial charge on any atom is -0.508 e. The fourth-order valence-electron chi connectivity index (χ4n) is 4.13. The molecule has 4 rings (SSSR count). The number of aromatic hydroxyl groups is 1. The average molecular weight is 505 g/mol.